The Morgan fingerprint density at radius 2 is 1.87 bits per heavy atom. The van der Waals surface area contributed by atoms with E-state index < -0.39 is 0 Å². The van der Waals surface area contributed by atoms with Gasteiger partial charge in [-0.25, -0.2) is 9.97 Å². The van der Waals surface area contributed by atoms with Crippen LogP contribution >= 0.6 is 0 Å². The Morgan fingerprint density at radius 3 is 2.52 bits per heavy atom. The summed E-state index contributed by atoms with van der Waals surface area (Å²) in [6.45, 7) is 7.02. The van der Waals surface area contributed by atoms with Gasteiger partial charge in [-0.1, -0.05) is 12.1 Å². The largest absolute Gasteiger partial charge is 0.349 e. The first-order valence-electron chi connectivity index (χ1n) is 7.39. The number of ketones is 1. The van der Waals surface area contributed by atoms with Gasteiger partial charge in [0.2, 0.25) is 0 Å². The van der Waals surface area contributed by atoms with Gasteiger partial charge in [0.15, 0.2) is 5.78 Å². The molecule has 0 saturated heterocycles. The van der Waals surface area contributed by atoms with Crippen molar-refractivity contribution < 1.29 is 9.59 Å². The minimum Gasteiger partial charge on any atom is -0.349 e. The molecular formula is C17H20N4O2. The Kier molecular flexibility index (Phi) is 5.05. The summed E-state index contributed by atoms with van der Waals surface area (Å²) >= 11 is 0. The number of aromatic nitrogens is 2. The fourth-order valence-electron chi connectivity index (χ4n) is 2.05. The number of benzene rings is 1. The third-order valence-corrected chi connectivity index (χ3v) is 3.03. The third-order valence-electron chi connectivity index (χ3n) is 3.03. The fourth-order valence-corrected chi connectivity index (χ4v) is 2.05. The van der Waals surface area contributed by atoms with E-state index in [-0.39, 0.29) is 17.7 Å². The van der Waals surface area contributed by atoms with Crippen LogP contribution in [0.4, 0.5) is 11.5 Å². The molecule has 6 nitrogen and oxygen atoms in total. The molecule has 0 saturated carbocycles. The van der Waals surface area contributed by atoms with Gasteiger partial charge in [0, 0.05) is 23.4 Å². The first-order valence-corrected chi connectivity index (χ1v) is 7.39. The number of hydrogen-bond acceptors (Lipinski definition) is 5. The molecule has 0 fully saturated rings. The number of carbonyl (C=O) groups excluding carboxylic acids is 2. The van der Waals surface area contributed by atoms with Gasteiger partial charge >= 0.3 is 0 Å². The molecule has 6 heteroatoms. The van der Waals surface area contributed by atoms with Crippen LogP contribution < -0.4 is 10.6 Å². The van der Waals surface area contributed by atoms with Gasteiger partial charge in [0.25, 0.3) is 5.91 Å². The molecule has 0 aliphatic heterocycles. The van der Waals surface area contributed by atoms with Crippen LogP contribution in [0.3, 0.4) is 0 Å². The van der Waals surface area contributed by atoms with Crippen molar-refractivity contribution in [3.63, 3.8) is 0 Å². The highest BCUT2D eigenvalue weighted by atomic mass is 16.2. The van der Waals surface area contributed by atoms with E-state index in [2.05, 4.69) is 20.6 Å². The second-order valence-corrected chi connectivity index (χ2v) is 5.58. The predicted molar refractivity (Wildman–Crippen MR) is 89.1 cm³/mol. The standard InChI is InChI=1S/C17H20N4O2/c1-10(2)18-17(23)15-9-16(20-12(4)19-15)21-14-7-5-6-13(8-14)11(3)22/h5-10H,1-4H3,(H,18,23)(H,19,20,21). The number of nitrogens with zero attached hydrogens (tertiary/aromatic N) is 2. The quantitative estimate of drug-likeness (QED) is 0.829. The van der Waals surface area contributed by atoms with E-state index in [1.165, 1.54) is 6.92 Å². The summed E-state index contributed by atoms with van der Waals surface area (Å²) in [6, 6.07) is 8.73. The molecule has 0 atom stereocenters. The summed E-state index contributed by atoms with van der Waals surface area (Å²) in [5, 5.41) is 5.91. The lowest BCUT2D eigenvalue weighted by Gasteiger charge is -2.11. The zero-order valence-electron chi connectivity index (χ0n) is 13.7. The molecule has 1 aromatic carbocycles. The van der Waals surface area contributed by atoms with Crippen molar-refractivity contribution in [1.82, 2.24) is 15.3 Å². The highest BCUT2D eigenvalue weighted by Crippen LogP contribution is 2.17. The van der Waals surface area contributed by atoms with Crippen molar-refractivity contribution in [2.24, 2.45) is 0 Å². The molecule has 0 bridgehead atoms. The number of rotatable bonds is 5. The van der Waals surface area contributed by atoms with Crippen molar-refractivity contribution in [3.8, 4) is 0 Å². The van der Waals surface area contributed by atoms with Crippen molar-refractivity contribution in [3.05, 3.63) is 47.4 Å². The first kappa shape index (κ1) is 16.6. The van der Waals surface area contributed by atoms with Crippen LogP contribution in [-0.4, -0.2) is 27.7 Å². The van der Waals surface area contributed by atoms with E-state index in [0.717, 1.165) is 5.69 Å². The van der Waals surface area contributed by atoms with E-state index in [9.17, 15) is 9.59 Å². The maximum Gasteiger partial charge on any atom is 0.270 e. The Balaban J connectivity index is 2.26. The smallest absolute Gasteiger partial charge is 0.270 e. The van der Waals surface area contributed by atoms with Crippen LogP contribution in [0.5, 0.6) is 0 Å². The fraction of sp³-hybridized carbons (Fsp3) is 0.294. The number of anilines is 2. The van der Waals surface area contributed by atoms with Crippen LogP contribution in [-0.2, 0) is 0 Å². The Morgan fingerprint density at radius 1 is 1.13 bits per heavy atom. The second kappa shape index (κ2) is 7.00. The molecule has 2 aromatic rings. The number of nitrogens with one attached hydrogen (secondary N) is 2. The molecule has 0 spiro atoms. The highest BCUT2D eigenvalue weighted by molar-refractivity contribution is 5.95. The second-order valence-electron chi connectivity index (χ2n) is 5.58. The Hall–Kier alpha value is -2.76. The van der Waals surface area contributed by atoms with Crippen LogP contribution in [0.1, 0.15) is 47.4 Å². The van der Waals surface area contributed by atoms with E-state index >= 15 is 0 Å². The van der Waals surface area contributed by atoms with Gasteiger partial charge in [-0.15, -0.1) is 0 Å². The average Bonchev–Trinajstić information content (AvgIpc) is 2.46. The van der Waals surface area contributed by atoms with E-state index in [1.807, 2.05) is 19.9 Å². The van der Waals surface area contributed by atoms with Crippen molar-refractivity contribution in [1.29, 1.82) is 0 Å². The maximum atomic E-state index is 12.1. The van der Waals surface area contributed by atoms with Crippen LogP contribution in [0.15, 0.2) is 30.3 Å². The number of hydrogen-bond donors (Lipinski definition) is 2. The van der Waals surface area contributed by atoms with Crippen molar-refractivity contribution >= 4 is 23.2 Å². The highest BCUT2D eigenvalue weighted by Gasteiger charge is 2.12. The number of aryl methyl sites for hydroxylation is 1. The maximum absolute atomic E-state index is 12.1. The molecule has 0 aliphatic rings. The number of amides is 1. The van der Waals surface area contributed by atoms with Gasteiger partial charge in [0.05, 0.1) is 0 Å². The van der Waals surface area contributed by atoms with E-state index in [4.69, 9.17) is 0 Å². The van der Waals surface area contributed by atoms with Crippen molar-refractivity contribution in [2.75, 3.05) is 5.32 Å². The topological polar surface area (TPSA) is 84.0 Å². The Bertz CT molecular complexity index is 741. The zero-order valence-corrected chi connectivity index (χ0v) is 13.7. The van der Waals surface area contributed by atoms with Crippen LogP contribution in [0, 0.1) is 6.92 Å². The lowest BCUT2D eigenvalue weighted by atomic mass is 10.1. The monoisotopic (exact) mass is 312 g/mol. The predicted octanol–water partition coefficient (Wildman–Crippen LogP) is 2.87. The molecule has 0 radical (unpaired) electrons. The van der Waals surface area contributed by atoms with Gasteiger partial charge < -0.3 is 10.6 Å². The summed E-state index contributed by atoms with van der Waals surface area (Å²) in [7, 11) is 0. The molecule has 23 heavy (non-hydrogen) atoms. The summed E-state index contributed by atoms with van der Waals surface area (Å²) in [5.74, 6) is 0.745. The molecular weight excluding hydrogens is 292 g/mol. The molecule has 0 unspecified atom stereocenters. The molecule has 2 rings (SSSR count). The first-order chi connectivity index (χ1) is 10.8. The molecule has 1 amide bonds. The molecule has 0 aliphatic carbocycles. The lowest BCUT2D eigenvalue weighted by Crippen LogP contribution is -2.31. The SMILES string of the molecule is CC(=O)c1cccc(Nc2cc(C(=O)NC(C)C)nc(C)n2)c1. The summed E-state index contributed by atoms with van der Waals surface area (Å²) in [6.07, 6.45) is 0. The normalized spacial score (nSPS) is 10.5. The molecule has 1 heterocycles. The van der Waals surface area contributed by atoms with Crippen molar-refractivity contribution in [2.45, 2.75) is 33.7 Å². The molecule has 2 N–H and O–H groups in total. The van der Waals surface area contributed by atoms with Gasteiger partial charge in [-0.3, -0.25) is 9.59 Å². The van der Waals surface area contributed by atoms with Gasteiger partial charge in [-0.2, -0.15) is 0 Å². The summed E-state index contributed by atoms with van der Waals surface area (Å²) < 4.78 is 0. The number of Topliss-reactive ketones (excluding diaryl/α,β-unsaturated/α-hetero) is 1. The van der Waals surface area contributed by atoms with Crippen LogP contribution in [0.25, 0.3) is 0 Å². The zero-order chi connectivity index (χ0) is 17.0. The minimum atomic E-state index is -0.244. The lowest BCUT2D eigenvalue weighted by molar-refractivity contribution is 0.0937. The van der Waals surface area contributed by atoms with Gasteiger partial charge in [0.1, 0.15) is 17.3 Å². The minimum absolute atomic E-state index is 0.00971. The number of carbonyl (C=O) groups is 2. The van der Waals surface area contributed by atoms with Gasteiger partial charge in [-0.05, 0) is 39.8 Å². The summed E-state index contributed by atoms with van der Waals surface area (Å²) in [4.78, 5) is 32.0. The average molecular weight is 312 g/mol. The molecule has 120 valence electrons. The van der Waals surface area contributed by atoms with E-state index in [1.54, 1.807) is 31.2 Å². The molecule has 1 aromatic heterocycles. The third kappa shape index (κ3) is 4.60. The Labute approximate surface area is 135 Å². The summed E-state index contributed by atoms with van der Waals surface area (Å²) in [5.41, 5.74) is 1.64. The van der Waals surface area contributed by atoms with E-state index in [0.29, 0.717) is 22.9 Å². The van der Waals surface area contributed by atoms with Crippen LogP contribution in [0.2, 0.25) is 0 Å².